The average Bonchev–Trinajstić information content (AvgIpc) is 3.05. The van der Waals surface area contributed by atoms with Gasteiger partial charge in [-0.25, -0.2) is 0 Å². The van der Waals surface area contributed by atoms with Crippen molar-refractivity contribution in [3.05, 3.63) is 29.8 Å². The number of nitrogens with zero attached hydrogens (tertiary/aromatic N) is 2. The second-order valence-electron chi connectivity index (χ2n) is 6.50. The number of benzene rings is 1. The molecule has 0 aliphatic carbocycles. The zero-order valence-corrected chi connectivity index (χ0v) is 18.7. The summed E-state index contributed by atoms with van der Waals surface area (Å²) in [6, 6.07) is 7.33. The molecule has 152 valence electrons. The van der Waals surface area contributed by atoms with Gasteiger partial charge >= 0.3 is 5.97 Å². The maximum Gasteiger partial charge on any atom is 0.310 e. The van der Waals surface area contributed by atoms with Crippen molar-refractivity contribution < 1.29 is 19.4 Å². The first kappa shape index (κ1) is 23.5. The standard InChI is InChI=1S/C19H29N3O4.HI/c1-5-20-19(22-11-13(2)16(12-22)18(24)26-4)21-10-17(23)14-7-6-8-15(9-14)25-3;/h6-9,13,16-17,23H,5,10-12H2,1-4H3,(H,20,21);1H. The van der Waals surface area contributed by atoms with Gasteiger partial charge < -0.3 is 24.8 Å². The number of aliphatic hydroxyl groups is 1. The molecular formula is C19H30IN3O4. The normalized spacial score (nSPS) is 20.6. The third kappa shape index (κ3) is 6.24. The number of carbonyl (C=O) groups is 1. The summed E-state index contributed by atoms with van der Waals surface area (Å²) >= 11 is 0. The van der Waals surface area contributed by atoms with E-state index in [9.17, 15) is 9.90 Å². The van der Waals surface area contributed by atoms with Gasteiger partial charge in [0.2, 0.25) is 0 Å². The van der Waals surface area contributed by atoms with Crippen LogP contribution in [0.4, 0.5) is 0 Å². The van der Waals surface area contributed by atoms with E-state index >= 15 is 0 Å². The topological polar surface area (TPSA) is 83.4 Å². The van der Waals surface area contributed by atoms with Crippen molar-refractivity contribution in [3.8, 4) is 5.75 Å². The molecule has 27 heavy (non-hydrogen) atoms. The maximum absolute atomic E-state index is 11.9. The summed E-state index contributed by atoms with van der Waals surface area (Å²) < 4.78 is 10.1. The number of hydrogen-bond acceptors (Lipinski definition) is 5. The molecule has 1 aliphatic heterocycles. The summed E-state index contributed by atoms with van der Waals surface area (Å²) in [6.07, 6.45) is -0.727. The molecule has 7 nitrogen and oxygen atoms in total. The summed E-state index contributed by atoms with van der Waals surface area (Å²) in [5.41, 5.74) is 0.756. The third-order valence-corrected chi connectivity index (χ3v) is 4.64. The van der Waals surface area contributed by atoms with Crippen molar-refractivity contribution in [2.75, 3.05) is 40.4 Å². The summed E-state index contributed by atoms with van der Waals surface area (Å²) in [5, 5.41) is 13.7. The molecule has 0 saturated carbocycles. The van der Waals surface area contributed by atoms with Crippen LogP contribution in [0.25, 0.3) is 0 Å². The Hall–Kier alpha value is -1.55. The van der Waals surface area contributed by atoms with E-state index in [-0.39, 0.29) is 48.3 Å². The van der Waals surface area contributed by atoms with Crippen LogP contribution >= 0.6 is 24.0 Å². The molecule has 1 saturated heterocycles. The van der Waals surface area contributed by atoms with Crippen molar-refractivity contribution >= 4 is 35.9 Å². The Morgan fingerprint density at radius 3 is 2.78 bits per heavy atom. The van der Waals surface area contributed by atoms with Gasteiger partial charge in [-0.15, -0.1) is 24.0 Å². The third-order valence-electron chi connectivity index (χ3n) is 4.64. The Balaban J connectivity index is 0.00000364. The molecule has 0 spiro atoms. The molecular weight excluding hydrogens is 461 g/mol. The molecule has 1 aromatic rings. The number of esters is 1. The van der Waals surface area contributed by atoms with Crippen LogP contribution in [0.5, 0.6) is 5.75 Å². The van der Waals surface area contributed by atoms with Crippen molar-refractivity contribution in [2.24, 2.45) is 16.8 Å². The monoisotopic (exact) mass is 491 g/mol. The lowest BCUT2D eigenvalue weighted by atomic mass is 9.99. The minimum absolute atomic E-state index is 0. The van der Waals surface area contributed by atoms with Crippen molar-refractivity contribution in [3.63, 3.8) is 0 Å². The summed E-state index contributed by atoms with van der Waals surface area (Å²) in [7, 11) is 3.01. The van der Waals surface area contributed by atoms with Crippen LogP contribution in [0.15, 0.2) is 29.3 Å². The first-order valence-corrected chi connectivity index (χ1v) is 8.93. The van der Waals surface area contributed by atoms with E-state index in [4.69, 9.17) is 9.47 Å². The van der Waals surface area contributed by atoms with Gasteiger partial charge in [0.15, 0.2) is 5.96 Å². The number of aliphatic hydroxyl groups excluding tert-OH is 1. The van der Waals surface area contributed by atoms with Gasteiger partial charge in [0.1, 0.15) is 5.75 Å². The van der Waals surface area contributed by atoms with Crippen molar-refractivity contribution in [1.82, 2.24) is 10.2 Å². The Labute approximate surface area is 178 Å². The quantitative estimate of drug-likeness (QED) is 0.275. The molecule has 0 bridgehead atoms. The van der Waals surface area contributed by atoms with E-state index in [1.807, 2.05) is 36.9 Å². The highest BCUT2D eigenvalue weighted by Crippen LogP contribution is 2.24. The Morgan fingerprint density at radius 2 is 2.15 bits per heavy atom. The average molecular weight is 491 g/mol. The fraction of sp³-hybridized carbons (Fsp3) is 0.579. The van der Waals surface area contributed by atoms with Crippen LogP contribution < -0.4 is 10.1 Å². The predicted molar refractivity (Wildman–Crippen MR) is 116 cm³/mol. The van der Waals surface area contributed by atoms with E-state index in [2.05, 4.69) is 10.3 Å². The summed E-state index contributed by atoms with van der Waals surface area (Å²) in [4.78, 5) is 18.5. The lowest BCUT2D eigenvalue weighted by molar-refractivity contribution is -0.145. The zero-order valence-electron chi connectivity index (χ0n) is 16.3. The second kappa shape index (κ2) is 11.3. The molecule has 0 amide bonds. The minimum Gasteiger partial charge on any atom is -0.497 e. The number of halogens is 1. The van der Waals surface area contributed by atoms with Gasteiger partial charge in [-0.2, -0.15) is 0 Å². The number of likely N-dealkylation sites (tertiary alicyclic amines) is 1. The molecule has 3 atom stereocenters. The van der Waals surface area contributed by atoms with Crippen LogP contribution in [0.2, 0.25) is 0 Å². The van der Waals surface area contributed by atoms with Crippen LogP contribution in [0, 0.1) is 11.8 Å². The van der Waals surface area contributed by atoms with Gasteiger partial charge in [-0.1, -0.05) is 19.1 Å². The Morgan fingerprint density at radius 1 is 1.41 bits per heavy atom. The van der Waals surface area contributed by atoms with Gasteiger partial charge in [0.05, 0.1) is 32.8 Å². The first-order valence-electron chi connectivity index (χ1n) is 8.93. The van der Waals surface area contributed by atoms with Crippen LogP contribution in [-0.2, 0) is 9.53 Å². The van der Waals surface area contributed by atoms with Gasteiger partial charge in [-0.05, 0) is 30.5 Å². The van der Waals surface area contributed by atoms with Crippen LogP contribution in [0.1, 0.15) is 25.5 Å². The molecule has 0 radical (unpaired) electrons. The molecule has 2 N–H and O–H groups in total. The van der Waals surface area contributed by atoms with Crippen LogP contribution in [0.3, 0.4) is 0 Å². The highest BCUT2D eigenvalue weighted by atomic mass is 127. The number of aliphatic imine (C=N–C) groups is 1. The fourth-order valence-corrected chi connectivity index (χ4v) is 3.15. The summed E-state index contributed by atoms with van der Waals surface area (Å²) in [6.45, 7) is 6.25. The van der Waals surface area contributed by atoms with E-state index in [0.717, 1.165) is 12.1 Å². The van der Waals surface area contributed by atoms with Crippen LogP contribution in [-0.4, -0.2) is 62.3 Å². The molecule has 2 rings (SSSR count). The maximum atomic E-state index is 11.9. The Bertz CT molecular complexity index is 641. The van der Waals surface area contributed by atoms with Gasteiger partial charge in [0.25, 0.3) is 0 Å². The SMILES string of the molecule is CCNC(=NCC(O)c1cccc(OC)c1)N1CC(C)C(C(=O)OC)C1.I. The number of guanidine groups is 1. The van der Waals surface area contributed by atoms with Crippen molar-refractivity contribution in [2.45, 2.75) is 20.0 Å². The molecule has 1 aromatic carbocycles. The predicted octanol–water partition coefficient (Wildman–Crippen LogP) is 2.05. The number of hydrogen-bond donors (Lipinski definition) is 2. The largest absolute Gasteiger partial charge is 0.497 e. The number of methoxy groups -OCH3 is 2. The van der Waals surface area contributed by atoms with Crippen molar-refractivity contribution in [1.29, 1.82) is 0 Å². The lowest BCUT2D eigenvalue weighted by Crippen LogP contribution is -2.41. The van der Waals surface area contributed by atoms with E-state index in [1.54, 1.807) is 13.2 Å². The molecule has 1 aliphatic rings. The van der Waals surface area contributed by atoms with E-state index < -0.39 is 6.10 Å². The zero-order chi connectivity index (χ0) is 19.1. The van der Waals surface area contributed by atoms with Gasteiger partial charge in [-0.3, -0.25) is 9.79 Å². The summed E-state index contributed by atoms with van der Waals surface area (Å²) in [5.74, 6) is 1.24. The van der Waals surface area contributed by atoms with E-state index in [1.165, 1.54) is 7.11 Å². The number of carbonyl (C=O) groups excluding carboxylic acids is 1. The van der Waals surface area contributed by atoms with E-state index in [0.29, 0.717) is 24.8 Å². The highest BCUT2D eigenvalue weighted by molar-refractivity contribution is 14.0. The fourth-order valence-electron chi connectivity index (χ4n) is 3.15. The number of ether oxygens (including phenoxy) is 2. The first-order chi connectivity index (χ1) is 12.5. The highest BCUT2D eigenvalue weighted by Gasteiger charge is 2.36. The molecule has 0 aromatic heterocycles. The lowest BCUT2D eigenvalue weighted by Gasteiger charge is -2.22. The smallest absolute Gasteiger partial charge is 0.310 e. The molecule has 1 fully saturated rings. The second-order valence-corrected chi connectivity index (χ2v) is 6.50. The molecule has 3 unspecified atom stereocenters. The molecule has 1 heterocycles. The van der Waals surface area contributed by atoms with Gasteiger partial charge in [0, 0.05) is 19.6 Å². The minimum atomic E-state index is -0.727. The molecule has 8 heteroatoms. The number of nitrogens with one attached hydrogen (secondary N) is 1. The number of rotatable bonds is 6. The Kier molecular flexibility index (Phi) is 9.86.